The van der Waals surface area contributed by atoms with Gasteiger partial charge in [-0.15, -0.1) is 0 Å². The average molecular weight is 815 g/mol. The van der Waals surface area contributed by atoms with Crippen LogP contribution in [-0.4, -0.2) is 157 Å². The largest absolute Gasteiger partial charge is 0.377 e. The highest BCUT2D eigenvalue weighted by molar-refractivity contribution is 8.00. The number of thioether (sulfide) groups is 1. The molecule has 3 aliphatic heterocycles. The van der Waals surface area contributed by atoms with Gasteiger partial charge in [0.2, 0.25) is 23.6 Å². The van der Waals surface area contributed by atoms with Gasteiger partial charge < -0.3 is 39.8 Å². The SMILES string of the molecule is C[C@@H]1CCN(C(=O)CC#N)CC1N(C)c1ncnc2c1ccn2C(=O)CCC(=O)NCCOCCOCCOCCNC(=O)CCCC[C@H]1SC[C@H]2NC(O)N[C@H]21. The van der Waals surface area contributed by atoms with E-state index in [1.807, 2.05) is 29.8 Å². The molecule has 3 aliphatic rings. The minimum Gasteiger partial charge on any atom is -0.377 e. The predicted octanol–water partition coefficient (Wildman–Crippen LogP) is 0.602. The first-order valence-electron chi connectivity index (χ1n) is 20.0. The maximum Gasteiger partial charge on any atom is 0.236 e. The Labute approximate surface area is 338 Å². The number of hydrogen-bond donors (Lipinski definition) is 5. The molecule has 3 fully saturated rings. The molecule has 0 aliphatic carbocycles. The zero-order chi connectivity index (χ0) is 40.6. The number of nitrogens with one attached hydrogen (secondary N) is 4. The lowest BCUT2D eigenvalue weighted by molar-refractivity contribution is -0.131. The first kappa shape index (κ1) is 44.2. The molecular weight excluding hydrogens is 757 g/mol. The van der Waals surface area contributed by atoms with Crippen molar-refractivity contribution in [1.82, 2.24) is 40.7 Å². The molecule has 314 valence electrons. The minimum absolute atomic E-state index is 0.00589. The highest BCUT2D eigenvalue weighted by Gasteiger charge is 2.42. The third-order valence-corrected chi connectivity index (χ3v) is 12.2. The molecule has 5 N–H and O–H groups in total. The number of nitriles is 1. The second-order valence-electron chi connectivity index (χ2n) is 14.7. The van der Waals surface area contributed by atoms with Crippen molar-refractivity contribution < 1.29 is 38.5 Å². The Morgan fingerprint density at radius 1 is 0.982 bits per heavy atom. The fourth-order valence-corrected chi connectivity index (χ4v) is 9.08. The number of rotatable bonds is 23. The number of piperidine rings is 1. The molecule has 2 aromatic heterocycles. The lowest BCUT2D eigenvalue weighted by Gasteiger charge is -2.42. The van der Waals surface area contributed by atoms with E-state index in [9.17, 15) is 24.3 Å². The summed E-state index contributed by atoms with van der Waals surface area (Å²) in [5.74, 6) is 1.24. The number of nitrogens with zero attached hydrogens (tertiary/aromatic N) is 6. The molecule has 0 spiro atoms. The number of aliphatic hydroxyl groups excluding tert-OH is 1. The monoisotopic (exact) mass is 814 g/mol. The highest BCUT2D eigenvalue weighted by Crippen LogP contribution is 2.34. The second-order valence-corrected chi connectivity index (χ2v) is 15.9. The molecule has 2 aromatic rings. The minimum atomic E-state index is -0.612. The number of unbranched alkanes of at least 4 members (excludes halogenated alkanes) is 1. The van der Waals surface area contributed by atoms with Crippen molar-refractivity contribution in [2.24, 2.45) is 5.92 Å². The summed E-state index contributed by atoms with van der Waals surface area (Å²) in [6, 6.07) is 4.32. The van der Waals surface area contributed by atoms with Gasteiger partial charge >= 0.3 is 0 Å². The van der Waals surface area contributed by atoms with Crippen LogP contribution < -0.4 is 26.2 Å². The first-order chi connectivity index (χ1) is 27.7. The van der Waals surface area contributed by atoms with Gasteiger partial charge in [0.1, 0.15) is 18.6 Å². The number of likely N-dealkylation sites (tertiary alicyclic amines) is 1. The Morgan fingerprint density at radius 2 is 1.68 bits per heavy atom. The number of aliphatic hydroxyl groups is 1. The lowest BCUT2D eigenvalue weighted by Crippen LogP contribution is -2.52. The van der Waals surface area contributed by atoms with Gasteiger partial charge in [-0.25, -0.2) is 9.97 Å². The van der Waals surface area contributed by atoms with Crippen LogP contribution in [0, 0.1) is 17.2 Å². The number of ether oxygens (including phenoxy) is 3. The molecule has 19 heteroatoms. The van der Waals surface area contributed by atoms with E-state index in [0.29, 0.717) is 106 Å². The van der Waals surface area contributed by atoms with E-state index < -0.39 is 6.35 Å². The van der Waals surface area contributed by atoms with E-state index in [2.05, 4.69) is 38.2 Å². The molecule has 3 amide bonds. The van der Waals surface area contributed by atoms with Crippen molar-refractivity contribution >= 4 is 52.2 Å². The molecule has 2 unspecified atom stereocenters. The van der Waals surface area contributed by atoms with Gasteiger partial charge in [-0.2, -0.15) is 17.0 Å². The number of fused-ring (bicyclic) bond motifs is 2. The van der Waals surface area contributed by atoms with E-state index in [-0.39, 0.29) is 54.9 Å². The fraction of sp³-hybridized carbons (Fsp3) is 0.711. The summed E-state index contributed by atoms with van der Waals surface area (Å²) in [4.78, 5) is 62.7. The Balaban J connectivity index is 0.855. The lowest BCUT2D eigenvalue weighted by atomic mass is 9.92. The van der Waals surface area contributed by atoms with Crippen molar-refractivity contribution in [3.05, 3.63) is 18.6 Å². The Hall–Kier alpha value is -3.90. The standard InChI is InChI=1S/C38H58N10O8S/c1-26-10-15-47(33(51)9-12-39)23-29(26)46(2)36-27-11-16-48(37(27)43-25-42-36)34(52)8-7-32(50)41-14-18-55-20-22-56-21-19-54-17-13-40-31(49)6-4-3-5-30-35-28(24-57-30)44-38(53)45-35/h11,16,25-26,28-30,35,38,44-45,53H,3-10,13-15,17-24H2,1-2H3,(H,40,49)(H,41,50)/t26-,28-,29?,30-,35-,38?/m1/s1. The normalized spacial score (nSPS) is 22.9. The quantitative estimate of drug-likeness (QED) is 0.0970. The molecule has 6 atom stereocenters. The second kappa shape index (κ2) is 22.9. The van der Waals surface area contributed by atoms with Gasteiger partial charge in [0.05, 0.1) is 57.1 Å². The Kier molecular flexibility index (Phi) is 17.7. The van der Waals surface area contributed by atoms with Gasteiger partial charge in [0.25, 0.3) is 0 Å². The van der Waals surface area contributed by atoms with Gasteiger partial charge in [0, 0.05) is 81.8 Å². The summed E-state index contributed by atoms with van der Waals surface area (Å²) in [5, 5.41) is 31.8. The summed E-state index contributed by atoms with van der Waals surface area (Å²) in [6.45, 7) is 6.22. The number of likely N-dealkylation sites (N-methyl/N-ethyl adjacent to an activating group) is 1. The Bertz CT molecular complexity index is 1680. The van der Waals surface area contributed by atoms with E-state index in [0.717, 1.165) is 31.4 Å². The van der Waals surface area contributed by atoms with Crippen LogP contribution in [0.2, 0.25) is 0 Å². The van der Waals surface area contributed by atoms with Crippen molar-refractivity contribution in [3.63, 3.8) is 0 Å². The number of amides is 3. The van der Waals surface area contributed by atoms with Crippen LogP contribution in [0.15, 0.2) is 18.6 Å². The zero-order valence-electron chi connectivity index (χ0n) is 33.0. The molecule has 0 aromatic carbocycles. The summed E-state index contributed by atoms with van der Waals surface area (Å²) >= 11 is 1.93. The van der Waals surface area contributed by atoms with Crippen LogP contribution in [0.5, 0.6) is 0 Å². The van der Waals surface area contributed by atoms with Crippen molar-refractivity contribution in [3.8, 4) is 6.07 Å². The predicted molar refractivity (Wildman–Crippen MR) is 213 cm³/mol. The Morgan fingerprint density at radius 3 is 2.40 bits per heavy atom. The van der Waals surface area contributed by atoms with Crippen LogP contribution >= 0.6 is 11.8 Å². The van der Waals surface area contributed by atoms with Gasteiger partial charge in [-0.05, 0) is 31.2 Å². The van der Waals surface area contributed by atoms with Crippen molar-refractivity contribution in [2.45, 2.75) is 88.0 Å². The highest BCUT2D eigenvalue weighted by atomic mass is 32.2. The third-order valence-electron chi connectivity index (χ3n) is 10.7. The molecule has 3 saturated heterocycles. The summed E-state index contributed by atoms with van der Waals surface area (Å²) in [5.41, 5.74) is 0.446. The molecule has 0 radical (unpaired) electrons. The third kappa shape index (κ3) is 13.1. The van der Waals surface area contributed by atoms with Crippen molar-refractivity contribution in [2.75, 3.05) is 83.5 Å². The van der Waals surface area contributed by atoms with E-state index in [4.69, 9.17) is 19.5 Å². The maximum atomic E-state index is 13.1. The van der Waals surface area contributed by atoms with Crippen LogP contribution in [0.1, 0.15) is 63.1 Å². The molecule has 57 heavy (non-hydrogen) atoms. The van der Waals surface area contributed by atoms with E-state index in [1.54, 1.807) is 17.2 Å². The van der Waals surface area contributed by atoms with Gasteiger partial charge in [-0.3, -0.25) is 34.4 Å². The van der Waals surface area contributed by atoms with Gasteiger partial charge in [-0.1, -0.05) is 13.3 Å². The first-order valence-corrected chi connectivity index (χ1v) is 21.0. The number of carbonyl (C=O) groups is 4. The smallest absolute Gasteiger partial charge is 0.236 e. The van der Waals surface area contributed by atoms with Crippen LogP contribution in [0.4, 0.5) is 5.82 Å². The molecule has 0 bridgehead atoms. The number of aromatic nitrogens is 3. The average Bonchev–Trinajstić information content (AvgIpc) is 3.91. The molecule has 0 saturated carbocycles. The summed E-state index contributed by atoms with van der Waals surface area (Å²) in [6.07, 6.45) is 6.44. The summed E-state index contributed by atoms with van der Waals surface area (Å²) in [7, 11) is 1.92. The van der Waals surface area contributed by atoms with E-state index >= 15 is 0 Å². The molecule has 5 heterocycles. The number of carbonyl (C=O) groups excluding carboxylic acids is 4. The summed E-state index contributed by atoms with van der Waals surface area (Å²) < 4.78 is 18.0. The van der Waals surface area contributed by atoms with Crippen LogP contribution in [-0.2, 0) is 28.6 Å². The number of anilines is 1. The van der Waals surface area contributed by atoms with Crippen LogP contribution in [0.3, 0.4) is 0 Å². The topological polar surface area (TPSA) is 225 Å². The van der Waals surface area contributed by atoms with Crippen LogP contribution in [0.25, 0.3) is 11.0 Å². The van der Waals surface area contributed by atoms with Crippen molar-refractivity contribution in [1.29, 1.82) is 5.26 Å². The van der Waals surface area contributed by atoms with E-state index in [1.165, 1.54) is 10.9 Å². The molecular formula is C38H58N10O8S. The number of hydrogen-bond acceptors (Lipinski definition) is 15. The zero-order valence-corrected chi connectivity index (χ0v) is 33.8. The molecule has 5 rings (SSSR count). The maximum absolute atomic E-state index is 13.1. The van der Waals surface area contributed by atoms with Gasteiger partial charge in [0.15, 0.2) is 12.0 Å². The fourth-order valence-electron chi connectivity index (χ4n) is 7.52. The molecule has 18 nitrogen and oxygen atoms in total.